The third-order valence-corrected chi connectivity index (χ3v) is 6.63. The molecule has 2 fully saturated rings. The van der Waals surface area contributed by atoms with Crippen molar-refractivity contribution in [3.8, 4) is 11.3 Å². The summed E-state index contributed by atoms with van der Waals surface area (Å²) in [5.41, 5.74) is 2.06. The standard InChI is InChI=1S/C18H21N3O4S/c22-18(20-7-9-25-10-8-20)16-12-17(14-4-2-1-3-5-14)21(19-16)15-6-11-26(23,24)13-15/h1-5,12,15H,6-11,13H2/t15-/m0/s1. The number of amides is 1. The van der Waals surface area contributed by atoms with Gasteiger partial charge >= 0.3 is 0 Å². The first-order valence-electron chi connectivity index (χ1n) is 8.76. The predicted octanol–water partition coefficient (Wildman–Crippen LogP) is 1.38. The fourth-order valence-corrected chi connectivity index (χ4v) is 5.19. The van der Waals surface area contributed by atoms with Crippen LogP contribution >= 0.6 is 0 Å². The number of hydrogen-bond acceptors (Lipinski definition) is 5. The average molecular weight is 375 g/mol. The first-order chi connectivity index (χ1) is 12.5. The van der Waals surface area contributed by atoms with Gasteiger partial charge in [0.1, 0.15) is 0 Å². The highest BCUT2D eigenvalue weighted by molar-refractivity contribution is 7.91. The third-order valence-electron chi connectivity index (χ3n) is 4.88. The number of carbonyl (C=O) groups excluding carboxylic acids is 1. The van der Waals surface area contributed by atoms with Crippen molar-refractivity contribution in [3.05, 3.63) is 42.1 Å². The van der Waals surface area contributed by atoms with Gasteiger partial charge in [0.2, 0.25) is 0 Å². The molecule has 0 N–H and O–H groups in total. The van der Waals surface area contributed by atoms with Gasteiger partial charge in [0.05, 0.1) is 36.5 Å². The van der Waals surface area contributed by atoms with E-state index in [-0.39, 0.29) is 23.5 Å². The first-order valence-corrected chi connectivity index (χ1v) is 10.6. The number of morpholine rings is 1. The quantitative estimate of drug-likeness (QED) is 0.810. The molecule has 2 aromatic rings. The van der Waals surface area contributed by atoms with Crippen molar-refractivity contribution >= 4 is 15.7 Å². The Labute approximate surface area is 152 Å². The Kier molecular flexibility index (Phi) is 4.54. The van der Waals surface area contributed by atoms with E-state index in [1.54, 1.807) is 15.6 Å². The molecule has 1 atom stereocenters. The maximum atomic E-state index is 12.8. The smallest absolute Gasteiger partial charge is 0.274 e. The third kappa shape index (κ3) is 3.39. The van der Waals surface area contributed by atoms with E-state index in [0.717, 1.165) is 11.3 Å². The van der Waals surface area contributed by atoms with Crippen LogP contribution in [0.25, 0.3) is 11.3 Å². The van der Waals surface area contributed by atoms with Crippen molar-refractivity contribution in [1.82, 2.24) is 14.7 Å². The highest BCUT2D eigenvalue weighted by atomic mass is 32.2. The minimum absolute atomic E-state index is 0.0691. The fraction of sp³-hybridized carbons (Fsp3) is 0.444. The van der Waals surface area contributed by atoms with E-state index in [4.69, 9.17) is 4.74 Å². The van der Waals surface area contributed by atoms with Crippen LogP contribution in [0.4, 0.5) is 0 Å². The van der Waals surface area contributed by atoms with Crippen molar-refractivity contribution in [1.29, 1.82) is 0 Å². The van der Waals surface area contributed by atoms with Crippen LogP contribution in [0.15, 0.2) is 36.4 Å². The fourth-order valence-electron chi connectivity index (χ4n) is 3.50. The zero-order chi connectivity index (χ0) is 18.1. The summed E-state index contributed by atoms with van der Waals surface area (Å²) < 4.78 is 30.9. The lowest BCUT2D eigenvalue weighted by molar-refractivity contribution is 0.0298. The summed E-state index contributed by atoms with van der Waals surface area (Å²) in [4.78, 5) is 14.5. The van der Waals surface area contributed by atoms with E-state index in [9.17, 15) is 13.2 Å². The van der Waals surface area contributed by atoms with Gasteiger partial charge in [-0.25, -0.2) is 8.42 Å². The summed E-state index contributed by atoms with van der Waals surface area (Å²) in [6.07, 6.45) is 0.523. The Morgan fingerprint density at radius 2 is 1.88 bits per heavy atom. The minimum atomic E-state index is -3.05. The molecule has 0 bridgehead atoms. The largest absolute Gasteiger partial charge is 0.378 e. The van der Waals surface area contributed by atoms with Gasteiger partial charge in [-0.05, 0) is 18.1 Å². The average Bonchev–Trinajstić information content (AvgIpc) is 3.26. The van der Waals surface area contributed by atoms with Gasteiger partial charge in [-0.1, -0.05) is 30.3 Å². The van der Waals surface area contributed by atoms with E-state index in [0.29, 0.717) is 38.4 Å². The molecule has 1 aromatic heterocycles. The maximum Gasteiger partial charge on any atom is 0.274 e. The second-order valence-corrected chi connectivity index (χ2v) is 8.92. The molecule has 138 valence electrons. The molecule has 8 heteroatoms. The van der Waals surface area contributed by atoms with Crippen molar-refractivity contribution in [2.24, 2.45) is 0 Å². The van der Waals surface area contributed by atoms with Gasteiger partial charge in [-0.3, -0.25) is 9.48 Å². The summed E-state index contributed by atoms with van der Waals surface area (Å²) in [6.45, 7) is 2.14. The highest BCUT2D eigenvalue weighted by Crippen LogP contribution is 2.30. The molecule has 2 saturated heterocycles. The Hall–Kier alpha value is -2.19. The molecule has 1 aromatic carbocycles. The highest BCUT2D eigenvalue weighted by Gasteiger charge is 2.32. The second-order valence-electron chi connectivity index (χ2n) is 6.69. The molecule has 0 spiro atoms. The number of carbonyl (C=O) groups is 1. The van der Waals surface area contributed by atoms with Gasteiger partial charge in [0.15, 0.2) is 15.5 Å². The Bertz CT molecular complexity index is 902. The van der Waals surface area contributed by atoms with Crippen molar-refractivity contribution in [2.75, 3.05) is 37.8 Å². The van der Waals surface area contributed by atoms with Crippen LogP contribution in [-0.4, -0.2) is 66.8 Å². The summed E-state index contributed by atoms with van der Waals surface area (Å²) in [7, 11) is -3.05. The van der Waals surface area contributed by atoms with Crippen LogP contribution in [0.5, 0.6) is 0 Å². The van der Waals surface area contributed by atoms with Gasteiger partial charge < -0.3 is 9.64 Å². The van der Waals surface area contributed by atoms with Crippen LogP contribution in [-0.2, 0) is 14.6 Å². The number of nitrogens with zero attached hydrogens (tertiary/aromatic N) is 3. The number of sulfone groups is 1. The lowest BCUT2D eigenvalue weighted by Gasteiger charge is -2.25. The van der Waals surface area contributed by atoms with Crippen LogP contribution in [0.2, 0.25) is 0 Å². The number of benzene rings is 1. The van der Waals surface area contributed by atoms with Crippen LogP contribution in [0.3, 0.4) is 0 Å². The van der Waals surface area contributed by atoms with Gasteiger partial charge in [0.25, 0.3) is 5.91 Å². The SMILES string of the molecule is O=C(c1cc(-c2ccccc2)n([C@H]2CCS(=O)(=O)C2)n1)N1CCOCC1. The molecule has 0 aliphatic carbocycles. The number of hydrogen-bond donors (Lipinski definition) is 0. The molecular weight excluding hydrogens is 354 g/mol. The lowest BCUT2D eigenvalue weighted by atomic mass is 10.1. The number of aromatic nitrogens is 2. The zero-order valence-electron chi connectivity index (χ0n) is 14.4. The van der Waals surface area contributed by atoms with Crippen LogP contribution < -0.4 is 0 Å². The number of rotatable bonds is 3. The Morgan fingerprint density at radius 3 is 2.54 bits per heavy atom. The lowest BCUT2D eigenvalue weighted by Crippen LogP contribution is -2.40. The van der Waals surface area contributed by atoms with Crippen LogP contribution in [0.1, 0.15) is 23.0 Å². The first kappa shape index (κ1) is 17.2. The summed E-state index contributed by atoms with van der Waals surface area (Å²) in [5, 5.41) is 4.53. The molecule has 3 heterocycles. The Balaban J connectivity index is 1.72. The normalized spacial score (nSPS) is 22.5. The van der Waals surface area contributed by atoms with Crippen molar-refractivity contribution in [2.45, 2.75) is 12.5 Å². The van der Waals surface area contributed by atoms with Crippen LogP contribution in [0, 0.1) is 0 Å². The summed E-state index contributed by atoms with van der Waals surface area (Å²) >= 11 is 0. The molecule has 4 rings (SSSR count). The molecule has 0 radical (unpaired) electrons. The van der Waals surface area contributed by atoms with Gasteiger partial charge in [0, 0.05) is 13.1 Å². The summed E-state index contributed by atoms with van der Waals surface area (Å²) in [5.74, 6) is 0.100. The Morgan fingerprint density at radius 1 is 1.15 bits per heavy atom. The monoisotopic (exact) mass is 375 g/mol. The molecule has 0 unspecified atom stereocenters. The van der Waals surface area contributed by atoms with E-state index in [2.05, 4.69) is 5.10 Å². The predicted molar refractivity (Wildman–Crippen MR) is 96.7 cm³/mol. The van der Waals surface area contributed by atoms with E-state index < -0.39 is 9.84 Å². The molecule has 2 aliphatic rings. The molecule has 2 aliphatic heterocycles. The number of ether oxygens (including phenoxy) is 1. The molecule has 1 amide bonds. The van der Waals surface area contributed by atoms with E-state index in [1.165, 1.54) is 0 Å². The topological polar surface area (TPSA) is 81.5 Å². The molecule has 0 saturated carbocycles. The summed E-state index contributed by atoms with van der Waals surface area (Å²) in [6, 6.07) is 11.2. The molecular formula is C18H21N3O4S. The van der Waals surface area contributed by atoms with Crippen molar-refractivity contribution < 1.29 is 17.9 Å². The molecule has 26 heavy (non-hydrogen) atoms. The minimum Gasteiger partial charge on any atom is -0.378 e. The van der Waals surface area contributed by atoms with E-state index in [1.807, 2.05) is 30.3 Å². The maximum absolute atomic E-state index is 12.8. The second kappa shape index (κ2) is 6.85. The van der Waals surface area contributed by atoms with Gasteiger partial charge in [-0.15, -0.1) is 0 Å². The van der Waals surface area contributed by atoms with Gasteiger partial charge in [-0.2, -0.15) is 5.10 Å². The molecule has 7 nitrogen and oxygen atoms in total. The van der Waals surface area contributed by atoms with E-state index >= 15 is 0 Å². The van der Waals surface area contributed by atoms with Crippen molar-refractivity contribution in [3.63, 3.8) is 0 Å². The zero-order valence-corrected chi connectivity index (χ0v) is 15.2.